The van der Waals surface area contributed by atoms with Crippen LogP contribution in [0.4, 0.5) is 10.7 Å². The summed E-state index contributed by atoms with van der Waals surface area (Å²) in [6.07, 6.45) is 1.43. The van der Waals surface area contributed by atoms with E-state index < -0.39 is 20.5 Å². The molecule has 1 aliphatic rings. The normalized spacial score (nSPS) is 23.0. The highest BCUT2D eigenvalue weighted by molar-refractivity contribution is 7.91. The van der Waals surface area contributed by atoms with Crippen molar-refractivity contribution in [3.05, 3.63) is 16.2 Å². The summed E-state index contributed by atoms with van der Waals surface area (Å²) in [5.74, 6) is 0. The van der Waals surface area contributed by atoms with Crippen molar-refractivity contribution in [1.29, 1.82) is 0 Å². The monoisotopic (exact) mass is 335 g/mol. The van der Waals surface area contributed by atoms with Gasteiger partial charge in [-0.25, -0.2) is 13.1 Å². The molecule has 0 amide bonds. The van der Waals surface area contributed by atoms with Gasteiger partial charge in [0.2, 0.25) is 0 Å². The predicted molar refractivity (Wildman–Crippen MR) is 79.3 cm³/mol. The summed E-state index contributed by atoms with van der Waals surface area (Å²) < 4.78 is 32.6. The summed E-state index contributed by atoms with van der Waals surface area (Å²) in [4.78, 5) is 10.3. The second kappa shape index (κ2) is 5.87. The highest BCUT2D eigenvalue weighted by atomic mass is 32.2. The Kier molecular flexibility index (Phi) is 4.51. The molecule has 118 valence electrons. The standard InChI is InChI=1S/C11H17N3O5S2/c1-11(4-3-5-19-7-11)13-21(17,18)9-6-8(14(15)16)10(12-2)20-9/h6,12-13H,3-5,7H2,1-2H3. The van der Waals surface area contributed by atoms with Crippen LogP contribution in [0.15, 0.2) is 10.3 Å². The summed E-state index contributed by atoms with van der Waals surface area (Å²) in [5.41, 5.74) is -0.928. The summed E-state index contributed by atoms with van der Waals surface area (Å²) in [5, 5.41) is 13.8. The first-order valence-corrected chi connectivity index (χ1v) is 8.65. The van der Waals surface area contributed by atoms with Crippen molar-refractivity contribution in [2.75, 3.05) is 25.6 Å². The lowest BCUT2D eigenvalue weighted by molar-refractivity contribution is -0.383. The van der Waals surface area contributed by atoms with Gasteiger partial charge in [0.15, 0.2) is 5.00 Å². The van der Waals surface area contributed by atoms with Gasteiger partial charge in [0.05, 0.1) is 17.1 Å². The van der Waals surface area contributed by atoms with Gasteiger partial charge in [-0.15, -0.1) is 0 Å². The fourth-order valence-corrected chi connectivity index (χ4v) is 4.90. The minimum absolute atomic E-state index is 0.0784. The van der Waals surface area contributed by atoms with Crippen LogP contribution in [0.3, 0.4) is 0 Å². The zero-order valence-electron chi connectivity index (χ0n) is 11.7. The van der Waals surface area contributed by atoms with Crippen molar-refractivity contribution in [1.82, 2.24) is 4.72 Å². The van der Waals surface area contributed by atoms with Gasteiger partial charge in [0.25, 0.3) is 10.0 Å². The Bertz CT molecular complexity index is 634. The summed E-state index contributed by atoms with van der Waals surface area (Å²) in [7, 11) is -2.31. The molecule has 1 aliphatic heterocycles. The van der Waals surface area contributed by atoms with Gasteiger partial charge in [-0.3, -0.25) is 10.1 Å². The van der Waals surface area contributed by atoms with Gasteiger partial charge < -0.3 is 10.1 Å². The Labute approximate surface area is 126 Å². The summed E-state index contributed by atoms with van der Waals surface area (Å²) >= 11 is 0.838. The van der Waals surface area contributed by atoms with Gasteiger partial charge in [0, 0.05) is 19.7 Å². The fraction of sp³-hybridized carbons (Fsp3) is 0.636. The quantitative estimate of drug-likeness (QED) is 0.624. The minimum atomic E-state index is -3.82. The van der Waals surface area contributed by atoms with Crippen molar-refractivity contribution in [3.8, 4) is 0 Å². The maximum Gasteiger partial charge on any atom is 0.304 e. The molecule has 0 spiro atoms. The molecule has 0 aliphatic carbocycles. The number of hydrogen-bond acceptors (Lipinski definition) is 7. The van der Waals surface area contributed by atoms with E-state index in [4.69, 9.17) is 4.74 Å². The summed E-state index contributed by atoms with van der Waals surface area (Å²) in [6.45, 7) is 2.68. The van der Waals surface area contributed by atoms with Crippen LogP contribution in [0, 0.1) is 10.1 Å². The van der Waals surface area contributed by atoms with Crippen LogP contribution in [0.1, 0.15) is 19.8 Å². The molecule has 21 heavy (non-hydrogen) atoms. The predicted octanol–water partition coefficient (Wildman–Crippen LogP) is 1.55. The number of nitro groups is 1. The number of anilines is 1. The topological polar surface area (TPSA) is 111 Å². The van der Waals surface area contributed by atoms with Gasteiger partial charge >= 0.3 is 5.69 Å². The molecule has 0 aromatic carbocycles. The SMILES string of the molecule is CNc1sc(S(=O)(=O)NC2(C)CCCOC2)cc1[N+](=O)[O-]. The lowest BCUT2D eigenvalue weighted by atomic mass is 9.97. The Morgan fingerprint density at radius 3 is 2.71 bits per heavy atom. The highest BCUT2D eigenvalue weighted by Crippen LogP contribution is 2.37. The molecule has 0 radical (unpaired) electrons. The van der Waals surface area contributed by atoms with E-state index in [9.17, 15) is 18.5 Å². The Hall–Kier alpha value is -1.23. The van der Waals surface area contributed by atoms with Crippen LogP contribution in [-0.4, -0.2) is 39.1 Å². The number of rotatable bonds is 5. The average Bonchev–Trinajstić information content (AvgIpc) is 2.83. The van der Waals surface area contributed by atoms with E-state index in [1.807, 2.05) is 0 Å². The van der Waals surface area contributed by atoms with E-state index in [0.29, 0.717) is 19.6 Å². The first-order valence-electron chi connectivity index (χ1n) is 6.35. The molecule has 1 fully saturated rings. The molecule has 1 atom stereocenters. The molecule has 8 nitrogen and oxygen atoms in total. The number of hydrogen-bond donors (Lipinski definition) is 2. The molecule has 1 aromatic heterocycles. The van der Waals surface area contributed by atoms with Crippen LogP contribution in [0.2, 0.25) is 0 Å². The summed E-state index contributed by atoms with van der Waals surface area (Å²) in [6, 6.07) is 1.08. The Morgan fingerprint density at radius 1 is 1.52 bits per heavy atom. The van der Waals surface area contributed by atoms with Crippen LogP contribution in [-0.2, 0) is 14.8 Å². The lowest BCUT2D eigenvalue weighted by Gasteiger charge is -2.33. The van der Waals surface area contributed by atoms with Crippen LogP contribution in [0.5, 0.6) is 0 Å². The lowest BCUT2D eigenvalue weighted by Crippen LogP contribution is -2.51. The molecule has 1 aromatic rings. The zero-order chi connectivity index (χ0) is 15.7. The van der Waals surface area contributed by atoms with Crippen LogP contribution < -0.4 is 10.0 Å². The van der Waals surface area contributed by atoms with Crippen molar-refractivity contribution in [2.45, 2.75) is 29.5 Å². The van der Waals surface area contributed by atoms with E-state index in [-0.39, 0.29) is 14.9 Å². The smallest absolute Gasteiger partial charge is 0.304 e. The minimum Gasteiger partial charge on any atom is -0.380 e. The third-order valence-corrected chi connectivity index (χ3v) is 6.45. The van der Waals surface area contributed by atoms with E-state index >= 15 is 0 Å². The van der Waals surface area contributed by atoms with Crippen molar-refractivity contribution < 1.29 is 18.1 Å². The van der Waals surface area contributed by atoms with E-state index in [1.165, 1.54) is 7.05 Å². The third-order valence-electron chi connectivity index (χ3n) is 3.20. The Balaban J connectivity index is 2.29. The number of nitrogens with one attached hydrogen (secondary N) is 2. The van der Waals surface area contributed by atoms with Crippen LogP contribution >= 0.6 is 11.3 Å². The van der Waals surface area contributed by atoms with Gasteiger partial charge in [-0.05, 0) is 19.8 Å². The van der Waals surface area contributed by atoms with Gasteiger partial charge in [-0.1, -0.05) is 11.3 Å². The maximum absolute atomic E-state index is 12.4. The van der Waals surface area contributed by atoms with E-state index in [0.717, 1.165) is 23.8 Å². The fourth-order valence-electron chi connectivity index (χ4n) is 2.20. The van der Waals surface area contributed by atoms with Crippen molar-refractivity contribution in [3.63, 3.8) is 0 Å². The molecule has 2 N–H and O–H groups in total. The highest BCUT2D eigenvalue weighted by Gasteiger charge is 2.35. The first kappa shape index (κ1) is 16.1. The molecule has 2 heterocycles. The number of thiophene rings is 1. The zero-order valence-corrected chi connectivity index (χ0v) is 13.3. The molecule has 0 bridgehead atoms. The van der Waals surface area contributed by atoms with E-state index in [2.05, 4.69) is 10.0 Å². The van der Waals surface area contributed by atoms with Gasteiger partial charge in [-0.2, -0.15) is 0 Å². The molecular formula is C11H17N3O5S2. The van der Waals surface area contributed by atoms with Crippen molar-refractivity contribution in [2.24, 2.45) is 0 Å². The molecule has 0 saturated carbocycles. The third kappa shape index (κ3) is 3.51. The first-order chi connectivity index (χ1) is 9.77. The molecule has 1 saturated heterocycles. The largest absolute Gasteiger partial charge is 0.380 e. The average molecular weight is 335 g/mol. The Morgan fingerprint density at radius 2 is 2.24 bits per heavy atom. The van der Waals surface area contributed by atoms with Gasteiger partial charge in [0.1, 0.15) is 4.21 Å². The second-order valence-electron chi connectivity index (χ2n) is 5.11. The molecule has 2 rings (SSSR count). The number of sulfonamides is 1. The molecule has 1 unspecified atom stereocenters. The second-order valence-corrected chi connectivity index (χ2v) is 8.07. The van der Waals surface area contributed by atoms with Crippen LogP contribution in [0.25, 0.3) is 0 Å². The molecular weight excluding hydrogens is 318 g/mol. The maximum atomic E-state index is 12.4. The number of ether oxygens (including phenoxy) is 1. The number of nitrogens with zero attached hydrogens (tertiary/aromatic N) is 1. The van der Waals surface area contributed by atoms with Crippen molar-refractivity contribution >= 4 is 32.0 Å². The van der Waals surface area contributed by atoms with E-state index in [1.54, 1.807) is 6.92 Å². The molecule has 10 heteroatoms.